The molecule has 0 aliphatic carbocycles. The van der Waals surface area contributed by atoms with Crippen molar-refractivity contribution in [1.82, 2.24) is 18.7 Å². The Morgan fingerprint density at radius 3 is 2.62 bits per heavy atom. The molecule has 1 aliphatic heterocycles. The number of rotatable bonds is 5. The lowest BCUT2D eigenvalue weighted by atomic mass is 10.1. The molecule has 0 bridgehead atoms. The maximum absolute atomic E-state index is 13.5. The van der Waals surface area contributed by atoms with Crippen LogP contribution in [0.3, 0.4) is 0 Å². The summed E-state index contributed by atoms with van der Waals surface area (Å²) in [7, 11) is 0. The van der Waals surface area contributed by atoms with Gasteiger partial charge in [0.25, 0.3) is 5.56 Å². The minimum absolute atomic E-state index is 0.149. The predicted molar refractivity (Wildman–Crippen MR) is 124 cm³/mol. The first-order chi connectivity index (χ1) is 15.5. The maximum Gasteiger partial charge on any atom is 0.337 e. The highest BCUT2D eigenvalue weighted by atomic mass is 35.5. The molecule has 1 aliphatic rings. The third-order valence-electron chi connectivity index (χ3n) is 6.00. The molecule has 4 aromatic rings. The molecular weight excluding hydrogens is 428 g/mol. The Morgan fingerprint density at radius 1 is 1.12 bits per heavy atom. The van der Waals surface area contributed by atoms with Crippen LogP contribution in [0.5, 0.6) is 0 Å². The Hall–Kier alpha value is -3.16. The van der Waals surface area contributed by atoms with E-state index >= 15 is 0 Å². The first-order valence-corrected chi connectivity index (χ1v) is 11.0. The van der Waals surface area contributed by atoms with E-state index in [1.807, 2.05) is 35.8 Å². The fourth-order valence-corrected chi connectivity index (χ4v) is 4.37. The maximum atomic E-state index is 13.5. The van der Waals surface area contributed by atoms with Crippen LogP contribution >= 0.6 is 11.6 Å². The minimum Gasteiger partial charge on any atom is -0.376 e. The summed E-state index contributed by atoms with van der Waals surface area (Å²) in [5, 5.41) is 0.566. The molecule has 1 saturated heterocycles. The Balaban J connectivity index is 1.73. The second-order valence-corrected chi connectivity index (χ2v) is 8.55. The number of imidazole rings is 1. The average Bonchev–Trinajstić information content (AvgIpc) is 3.44. The lowest BCUT2D eigenvalue weighted by molar-refractivity contribution is 0.0950. The number of benzene rings is 2. The number of hydrogen-bond donors (Lipinski definition) is 0. The Bertz CT molecular complexity index is 1400. The van der Waals surface area contributed by atoms with Crippen molar-refractivity contribution in [2.24, 2.45) is 0 Å². The third-order valence-corrected chi connectivity index (χ3v) is 6.25. The van der Waals surface area contributed by atoms with Gasteiger partial charge in [-0.25, -0.2) is 14.3 Å². The number of hydrogen-bond acceptors (Lipinski definition) is 4. The van der Waals surface area contributed by atoms with Gasteiger partial charge in [0, 0.05) is 18.2 Å². The quantitative estimate of drug-likeness (QED) is 0.466. The number of ether oxygens (including phenoxy) is 1. The number of fused-ring (bicyclic) bond motifs is 1. The van der Waals surface area contributed by atoms with Gasteiger partial charge in [-0.15, -0.1) is 0 Å². The van der Waals surface area contributed by atoms with E-state index in [0.29, 0.717) is 35.0 Å². The van der Waals surface area contributed by atoms with Gasteiger partial charge in [0.15, 0.2) is 11.2 Å². The topological polar surface area (TPSA) is 71.1 Å². The van der Waals surface area contributed by atoms with Gasteiger partial charge in [0.2, 0.25) is 0 Å². The molecule has 1 fully saturated rings. The molecule has 2 aromatic carbocycles. The fourth-order valence-electron chi connectivity index (χ4n) is 4.25. The molecule has 1 unspecified atom stereocenters. The van der Waals surface area contributed by atoms with Gasteiger partial charge < -0.3 is 9.30 Å². The Labute approximate surface area is 189 Å². The summed E-state index contributed by atoms with van der Waals surface area (Å²) in [5.41, 5.74) is 2.76. The molecule has 1 atom stereocenters. The summed E-state index contributed by atoms with van der Waals surface area (Å²) >= 11 is 6.06. The van der Waals surface area contributed by atoms with Crippen LogP contribution in [-0.4, -0.2) is 31.4 Å². The molecule has 3 heterocycles. The molecule has 0 amide bonds. The van der Waals surface area contributed by atoms with Crippen LogP contribution < -0.4 is 11.2 Å². The molecule has 0 radical (unpaired) electrons. The van der Waals surface area contributed by atoms with Crippen molar-refractivity contribution in [3.63, 3.8) is 0 Å². The van der Waals surface area contributed by atoms with Crippen molar-refractivity contribution in [1.29, 1.82) is 0 Å². The van der Waals surface area contributed by atoms with E-state index in [9.17, 15) is 9.59 Å². The first-order valence-electron chi connectivity index (χ1n) is 10.7. The summed E-state index contributed by atoms with van der Waals surface area (Å²) in [6.07, 6.45) is 3.23. The Morgan fingerprint density at radius 2 is 1.91 bits per heavy atom. The molecule has 2 aromatic heterocycles. The van der Waals surface area contributed by atoms with Crippen molar-refractivity contribution in [3.05, 3.63) is 91.8 Å². The second-order valence-electron chi connectivity index (χ2n) is 8.12. The van der Waals surface area contributed by atoms with Gasteiger partial charge in [0.1, 0.15) is 0 Å². The zero-order valence-electron chi connectivity index (χ0n) is 17.7. The van der Waals surface area contributed by atoms with E-state index in [1.165, 1.54) is 9.13 Å². The third kappa shape index (κ3) is 3.67. The second kappa shape index (κ2) is 8.41. The number of halogens is 1. The van der Waals surface area contributed by atoms with Gasteiger partial charge in [-0.1, -0.05) is 35.9 Å². The summed E-state index contributed by atoms with van der Waals surface area (Å²) in [4.78, 5) is 31.5. The molecular formula is C24H23ClN4O3. The molecule has 164 valence electrons. The number of aromatic nitrogens is 4. The fraction of sp³-hybridized carbons (Fsp3) is 0.292. The minimum atomic E-state index is -0.429. The van der Waals surface area contributed by atoms with Crippen molar-refractivity contribution in [3.8, 4) is 5.69 Å². The lowest BCUT2D eigenvalue weighted by Crippen LogP contribution is -2.42. The average molecular weight is 451 g/mol. The smallest absolute Gasteiger partial charge is 0.337 e. The molecule has 5 rings (SSSR count). The first kappa shape index (κ1) is 20.7. The largest absolute Gasteiger partial charge is 0.376 e. The van der Waals surface area contributed by atoms with Crippen LogP contribution in [0.4, 0.5) is 0 Å². The van der Waals surface area contributed by atoms with Gasteiger partial charge in [-0.2, -0.15) is 0 Å². The van der Waals surface area contributed by atoms with Crippen LogP contribution in [0, 0.1) is 6.92 Å². The van der Waals surface area contributed by atoms with E-state index in [2.05, 4.69) is 4.98 Å². The summed E-state index contributed by atoms with van der Waals surface area (Å²) in [5.74, 6) is 0. The molecule has 0 spiro atoms. The van der Waals surface area contributed by atoms with Crippen LogP contribution in [0.15, 0.2) is 64.4 Å². The zero-order valence-corrected chi connectivity index (χ0v) is 18.5. The summed E-state index contributed by atoms with van der Waals surface area (Å²) in [6.45, 7) is 3.39. The van der Waals surface area contributed by atoms with E-state index in [-0.39, 0.29) is 18.2 Å². The van der Waals surface area contributed by atoms with Gasteiger partial charge in [-0.05, 0) is 55.2 Å². The molecule has 32 heavy (non-hydrogen) atoms. The molecule has 0 N–H and O–H groups in total. The normalized spacial score (nSPS) is 16.1. The van der Waals surface area contributed by atoms with Gasteiger partial charge in [0.05, 0.1) is 24.7 Å². The number of aryl methyl sites for hydroxylation is 1. The van der Waals surface area contributed by atoms with E-state index in [1.54, 1.807) is 30.6 Å². The van der Waals surface area contributed by atoms with Crippen molar-refractivity contribution in [2.45, 2.75) is 39.0 Å². The van der Waals surface area contributed by atoms with E-state index in [4.69, 9.17) is 16.3 Å². The summed E-state index contributed by atoms with van der Waals surface area (Å²) in [6, 6.07) is 15.0. The van der Waals surface area contributed by atoms with Crippen molar-refractivity contribution >= 4 is 22.8 Å². The Kier molecular flexibility index (Phi) is 5.45. The highest BCUT2D eigenvalue weighted by molar-refractivity contribution is 6.30. The predicted octanol–water partition coefficient (Wildman–Crippen LogP) is 3.54. The van der Waals surface area contributed by atoms with Crippen LogP contribution in [0.1, 0.15) is 24.0 Å². The van der Waals surface area contributed by atoms with Crippen LogP contribution in [0.25, 0.3) is 16.9 Å². The van der Waals surface area contributed by atoms with Crippen LogP contribution in [-0.2, 0) is 17.8 Å². The van der Waals surface area contributed by atoms with E-state index < -0.39 is 5.69 Å². The lowest BCUT2D eigenvalue weighted by Gasteiger charge is -2.15. The standard InChI is InChI=1S/C24H23ClN4O3/c1-16-5-2-3-6-17(16)13-27-15-26-22-21(27)23(30)28(14-20-7-4-12-32-20)24(31)29(22)19-10-8-18(25)9-11-19/h2-3,5-6,8-11,15,20H,4,7,12-14H2,1H3. The van der Waals surface area contributed by atoms with Crippen molar-refractivity contribution < 1.29 is 4.74 Å². The SMILES string of the molecule is Cc1ccccc1Cn1cnc2c1c(=O)n(CC1CCCO1)c(=O)n2-c1ccc(Cl)cc1. The molecule has 7 nitrogen and oxygen atoms in total. The van der Waals surface area contributed by atoms with Gasteiger partial charge in [-0.3, -0.25) is 9.36 Å². The van der Waals surface area contributed by atoms with Gasteiger partial charge >= 0.3 is 5.69 Å². The van der Waals surface area contributed by atoms with E-state index in [0.717, 1.165) is 24.0 Å². The van der Waals surface area contributed by atoms with Crippen molar-refractivity contribution in [2.75, 3.05) is 6.61 Å². The zero-order chi connectivity index (χ0) is 22.2. The highest BCUT2D eigenvalue weighted by Gasteiger charge is 2.23. The monoisotopic (exact) mass is 450 g/mol. The summed E-state index contributed by atoms with van der Waals surface area (Å²) < 4.78 is 10.3. The number of nitrogens with zero attached hydrogens (tertiary/aromatic N) is 4. The molecule has 8 heteroatoms. The molecule has 0 saturated carbocycles. The highest BCUT2D eigenvalue weighted by Crippen LogP contribution is 2.19. The van der Waals surface area contributed by atoms with Crippen LogP contribution in [0.2, 0.25) is 5.02 Å².